The van der Waals surface area contributed by atoms with Gasteiger partial charge in [-0.2, -0.15) is 13.7 Å². The Bertz CT molecular complexity index is 902. The monoisotopic (exact) mass is 383 g/mol. The summed E-state index contributed by atoms with van der Waals surface area (Å²) < 4.78 is 33.4. The number of aromatic nitrogens is 2. The Kier molecular flexibility index (Phi) is 5.12. The predicted octanol–water partition coefficient (Wildman–Crippen LogP) is 1.09. The van der Waals surface area contributed by atoms with Crippen molar-refractivity contribution < 1.29 is 18.1 Å². The Labute approximate surface area is 151 Å². The van der Waals surface area contributed by atoms with E-state index in [1.807, 2.05) is 13.8 Å². The zero-order valence-electron chi connectivity index (χ0n) is 14.5. The first-order chi connectivity index (χ1) is 12.3. The molecule has 11 heteroatoms. The summed E-state index contributed by atoms with van der Waals surface area (Å²) in [5.41, 5.74) is 0.417. The largest absolute Gasteiger partial charge is 0.373 e. The van der Waals surface area contributed by atoms with Crippen molar-refractivity contribution >= 4 is 27.3 Å². The van der Waals surface area contributed by atoms with Crippen LogP contribution in [0.1, 0.15) is 13.8 Å². The molecule has 1 N–H and O–H groups in total. The molecule has 26 heavy (non-hydrogen) atoms. The maximum Gasteiger partial charge on any atom is 0.372 e. The van der Waals surface area contributed by atoms with Gasteiger partial charge in [0.1, 0.15) is 0 Å². The highest BCUT2D eigenvalue weighted by Crippen LogP contribution is 2.25. The molecule has 2 aromatic rings. The first-order valence-corrected chi connectivity index (χ1v) is 9.87. The molecule has 0 saturated carbocycles. The molecule has 0 aliphatic carbocycles. The third-order valence-corrected chi connectivity index (χ3v) is 5.91. The number of sulfonamides is 1. The lowest BCUT2D eigenvalue weighted by atomic mass is 10.3. The molecule has 0 aromatic carbocycles. The molecule has 2 atom stereocenters. The van der Waals surface area contributed by atoms with Gasteiger partial charge in [0.15, 0.2) is 0 Å². The van der Waals surface area contributed by atoms with Gasteiger partial charge in [0, 0.05) is 25.7 Å². The molecule has 1 fully saturated rings. The van der Waals surface area contributed by atoms with E-state index in [1.165, 1.54) is 8.71 Å². The van der Waals surface area contributed by atoms with E-state index in [-0.39, 0.29) is 36.1 Å². The smallest absolute Gasteiger partial charge is 0.372 e. The van der Waals surface area contributed by atoms with E-state index in [2.05, 4.69) is 10.3 Å². The highest BCUT2D eigenvalue weighted by molar-refractivity contribution is 7.89. The van der Waals surface area contributed by atoms with Crippen LogP contribution in [0.4, 0.5) is 11.6 Å². The number of imidazole rings is 1. The molecule has 0 bridgehead atoms. The number of morpholine rings is 1. The minimum atomic E-state index is -3.50. The molecule has 3 heterocycles. The number of hydrogen-bond donors (Lipinski definition) is 1. The number of nitrogens with zero attached hydrogens (tertiary/aromatic N) is 4. The van der Waals surface area contributed by atoms with Crippen molar-refractivity contribution in [2.75, 3.05) is 30.7 Å². The second-order valence-electron chi connectivity index (χ2n) is 6.29. The van der Waals surface area contributed by atoms with Gasteiger partial charge in [-0.1, -0.05) is 6.07 Å². The van der Waals surface area contributed by atoms with Crippen LogP contribution < -0.4 is 5.32 Å². The number of pyridine rings is 1. The van der Waals surface area contributed by atoms with E-state index in [0.29, 0.717) is 18.7 Å². The van der Waals surface area contributed by atoms with E-state index < -0.39 is 14.9 Å². The lowest BCUT2D eigenvalue weighted by molar-refractivity contribution is -0.389. The van der Waals surface area contributed by atoms with Gasteiger partial charge in [0.2, 0.25) is 21.5 Å². The van der Waals surface area contributed by atoms with Crippen LogP contribution in [0.2, 0.25) is 0 Å². The molecule has 2 aromatic heterocycles. The molecule has 0 amide bonds. The van der Waals surface area contributed by atoms with Crippen molar-refractivity contribution in [3.05, 3.63) is 34.5 Å². The van der Waals surface area contributed by atoms with Gasteiger partial charge in [0.25, 0.3) is 0 Å². The first-order valence-electron chi connectivity index (χ1n) is 8.26. The zero-order valence-corrected chi connectivity index (χ0v) is 15.3. The Morgan fingerprint density at radius 1 is 1.35 bits per heavy atom. The molecule has 10 nitrogen and oxygen atoms in total. The summed E-state index contributed by atoms with van der Waals surface area (Å²) in [6, 6.07) is 5.03. The van der Waals surface area contributed by atoms with Gasteiger partial charge in [-0.3, -0.25) is 0 Å². The maximum atomic E-state index is 12.5. The number of ether oxygens (including phenoxy) is 1. The number of nitrogens with one attached hydrogen (secondary N) is 1. The summed E-state index contributed by atoms with van der Waals surface area (Å²) in [4.78, 5) is 15.0. The van der Waals surface area contributed by atoms with E-state index in [9.17, 15) is 18.5 Å². The van der Waals surface area contributed by atoms with Crippen LogP contribution in [0.3, 0.4) is 0 Å². The van der Waals surface area contributed by atoms with Crippen molar-refractivity contribution in [3.8, 4) is 0 Å². The molecule has 0 radical (unpaired) electrons. The van der Waals surface area contributed by atoms with Crippen LogP contribution in [-0.4, -0.2) is 64.6 Å². The van der Waals surface area contributed by atoms with Gasteiger partial charge in [-0.05, 0) is 24.8 Å². The molecular weight excluding hydrogens is 362 g/mol. The third kappa shape index (κ3) is 3.79. The molecule has 2 unspecified atom stereocenters. The second kappa shape index (κ2) is 7.17. The van der Waals surface area contributed by atoms with Gasteiger partial charge >= 0.3 is 5.82 Å². The van der Waals surface area contributed by atoms with Crippen molar-refractivity contribution in [2.45, 2.75) is 26.1 Å². The van der Waals surface area contributed by atoms with Crippen LogP contribution in [0.25, 0.3) is 5.65 Å². The van der Waals surface area contributed by atoms with Gasteiger partial charge in [0.05, 0.1) is 24.2 Å². The summed E-state index contributed by atoms with van der Waals surface area (Å²) in [6.07, 6.45) is 1.21. The number of nitro groups is 1. The highest BCUT2D eigenvalue weighted by Gasteiger charge is 2.31. The van der Waals surface area contributed by atoms with E-state index >= 15 is 0 Å². The van der Waals surface area contributed by atoms with Crippen LogP contribution in [0.15, 0.2) is 24.4 Å². The molecule has 0 spiro atoms. The van der Waals surface area contributed by atoms with Gasteiger partial charge in [-0.25, -0.2) is 8.42 Å². The number of rotatable bonds is 6. The predicted molar refractivity (Wildman–Crippen MR) is 95.7 cm³/mol. The summed E-state index contributed by atoms with van der Waals surface area (Å²) in [5, 5.41) is 14.1. The Hall–Kier alpha value is -2.24. The highest BCUT2D eigenvalue weighted by atomic mass is 32.2. The normalized spacial score (nSPS) is 21.8. The molecular formula is C15H21N5O5S. The number of fused-ring (bicyclic) bond motifs is 1. The SMILES string of the molecule is CC1CN(S(=O)(=O)CCNc2nc3ccccn3c2[N+](=O)[O-])CC(C)O1. The Morgan fingerprint density at radius 2 is 2.04 bits per heavy atom. The van der Waals surface area contributed by atoms with Crippen LogP contribution in [0.5, 0.6) is 0 Å². The molecule has 1 saturated heterocycles. The summed E-state index contributed by atoms with van der Waals surface area (Å²) in [7, 11) is -3.50. The Morgan fingerprint density at radius 3 is 2.69 bits per heavy atom. The minimum Gasteiger partial charge on any atom is -0.373 e. The van der Waals surface area contributed by atoms with Crippen LogP contribution >= 0.6 is 0 Å². The lowest BCUT2D eigenvalue weighted by Crippen LogP contribution is -2.49. The van der Waals surface area contributed by atoms with E-state index in [1.54, 1.807) is 24.4 Å². The first kappa shape index (κ1) is 18.5. The minimum absolute atomic E-state index is 0.0210. The summed E-state index contributed by atoms with van der Waals surface area (Å²) in [5.74, 6) is -0.344. The Balaban J connectivity index is 1.71. The van der Waals surface area contributed by atoms with E-state index in [4.69, 9.17) is 4.74 Å². The molecule has 142 valence electrons. The van der Waals surface area contributed by atoms with Crippen LogP contribution in [0, 0.1) is 10.1 Å². The quantitative estimate of drug-likeness (QED) is 0.586. The lowest BCUT2D eigenvalue weighted by Gasteiger charge is -2.34. The maximum absolute atomic E-state index is 12.5. The average molecular weight is 383 g/mol. The van der Waals surface area contributed by atoms with Gasteiger partial charge < -0.3 is 20.2 Å². The van der Waals surface area contributed by atoms with Crippen molar-refractivity contribution in [1.29, 1.82) is 0 Å². The van der Waals surface area contributed by atoms with Crippen molar-refractivity contribution in [1.82, 2.24) is 13.7 Å². The molecule has 1 aliphatic rings. The van der Waals surface area contributed by atoms with Crippen molar-refractivity contribution in [3.63, 3.8) is 0 Å². The molecule has 3 rings (SSSR count). The molecule has 1 aliphatic heterocycles. The fourth-order valence-electron chi connectivity index (χ4n) is 3.06. The summed E-state index contributed by atoms with van der Waals surface area (Å²) >= 11 is 0. The third-order valence-electron chi connectivity index (χ3n) is 4.11. The number of anilines is 1. The summed E-state index contributed by atoms with van der Waals surface area (Å²) in [6.45, 7) is 4.29. The fourth-order valence-corrected chi connectivity index (χ4v) is 4.55. The standard InChI is InChI=1S/C15H21N5O5S/c1-11-9-18(10-12(2)25-11)26(23,24)8-6-16-14-15(20(21)22)19-7-4-3-5-13(19)17-14/h3-5,7,11-12,16H,6,8-10H2,1-2H3. The second-order valence-corrected chi connectivity index (χ2v) is 8.38. The number of hydrogen-bond acceptors (Lipinski definition) is 7. The van der Waals surface area contributed by atoms with E-state index in [0.717, 1.165) is 0 Å². The average Bonchev–Trinajstić information content (AvgIpc) is 2.92. The zero-order chi connectivity index (χ0) is 18.9. The van der Waals surface area contributed by atoms with Crippen LogP contribution in [-0.2, 0) is 14.8 Å². The van der Waals surface area contributed by atoms with Crippen molar-refractivity contribution in [2.24, 2.45) is 0 Å². The fraction of sp³-hybridized carbons (Fsp3) is 0.533. The topological polar surface area (TPSA) is 119 Å². The van der Waals surface area contributed by atoms with Gasteiger partial charge in [-0.15, -0.1) is 0 Å².